The number of amides is 1. The minimum Gasteiger partial charge on any atom is -0.457 e. The van der Waals surface area contributed by atoms with Gasteiger partial charge in [0.25, 0.3) is 0 Å². The molecule has 1 N–H and O–H groups in total. The highest BCUT2D eigenvalue weighted by Crippen LogP contribution is 2.43. The van der Waals surface area contributed by atoms with Crippen LogP contribution in [-0.2, 0) is 4.79 Å². The van der Waals surface area contributed by atoms with Gasteiger partial charge < -0.3 is 10.1 Å². The number of carbonyl (C=O) groups is 1. The monoisotopic (exact) mass is 393 g/mol. The zero-order chi connectivity index (χ0) is 20.3. The molecule has 0 radical (unpaired) electrons. The predicted molar refractivity (Wildman–Crippen MR) is 120 cm³/mol. The lowest BCUT2D eigenvalue weighted by atomic mass is 9.87. The van der Waals surface area contributed by atoms with Crippen LogP contribution in [0.2, 0.25) is 0 Å². The van der Waals surface area contributed by atoms with Gasteiger partial charge in [0, 0.05) is 17.7 Å². The third kappa shape index (κ3) is 6.09. The van der Waals surface area contributed by atoms with E-state index in [1.54, 1.807) is 0 Å². The highest BCUT2D eigenvalue weighted by Gasteiger charge is 2.31. The molecule has 0 atom stereocenters. The first-order valence-electron chi connectivity index (χ1n) is 11.4. The molecule has 29 heavy (non-hydrogen) atoms. The molecule has 2 aromatic carbocycles. The molecule has 1 aliphatic heterocycles. The summed E-state index contributed by atoms with van der Waals surface area (Å²) in [7, 11) is 0. The van der Waals surface area contributed by atoms with Gasteiger partial charge in [-0.3, -0.25) is 4.79 Å². The highest BCUT2D eigenvalue weighted by molar-refractivity contribution is 5.89. The SMILES string of the molecule is CCCCCCCCCCCCNC(=O)C1c2ccccc2Oc2ccccc21. The smallest absolute Gasteiger partial charge is 0.232 e. The largest absolute Gasteiger partial charge is 0.457 e. The molecule has 0 saturated heterocycles. The third-order valence-corrected chi connectivity index (χ3v) is 5.77. The molecule has 0 unspecified atom stereocenters. The first kappa shape index (κ1) is 21.4. The summed E-state index contributed by atoms with van der Waals surface area (Å²) in [4.78, 5) is 13.0. The lowest BCUT2D eigenvalue weighted by Crippen LogP contribution is -2.32. The fraction of sp³-hybridized carbons (Fsp3) is 0.500. The fourth-order valence-corrected chi connectivity index (χ4v) is 4.12. The molecule has 1 aliphatic rings. The van der Waals surface area contributed by atoms with Gasteiger partial charge in [0.05, 0.1) is 5.92 Å². The van der Waals surface area contributed by atoms with Gasteiger partial charge >= 0.3 is 0 Å². The molecule has 0 bridgehead atoms. The van der Waals surface area contributed by atoms with E-state index in [4.69, 9.17) is 4.74 Å². The maximum absolute atomic E-state index is 13.0. The normalized spacial score (nSPS) is 12.7. The molecule has 0 aliphatic carbocycles. The van der Waals surface area contributed by atoms with Crippen molar-refractivity contribution >= 4 is 5.91 Å². The van der Waals surface area contributed by atoms with Gasteiger partial charge in [-0.15, -0.1) is 0 Å². The maximum atomic E-state index is 13.0. The zero-order valence-corrected chi connectivity index (χ0v) is 17.8. The summed E-state index contributed by atoms with van der Waals surface area (Å²) in [5, 5.41) is 3.16. The van der Waals surface area contributed by atoms with E-state index in [-0.39, 0.29) is 11.8 Å². The van der Waals surface area contributed by atoms with Crippen LogP contribution in [0.15, 0.2) is 48.5 Å². The molecule has 1 amide bonds. The maximum Gasteiger partial charge on any atom is 0.232 e. The van der Waals surface area contributed by atoms with E-state index in [1.807, 2.05) is 48.5 Å². The standard InChI is InChI=1S/C26H35NO2/c1-2-3-4-5-6-7-8-9-10-15-20-27-26(28)25-21-16-11-13-18-23(21)29-24-19-14-12-17-22(24)25/h11-14,16-19,25H,2-10,15,20H2,1H3,(H,27,28). The Hall–Kier alpha value is -2.29. The molecule has 0 spiro atoms. The molecular weight excluding hydrogens is 358 g/mol. The average molecular weight is 394 g/mol. The van der Waals surface area contributed by atoms with Gasteiger partial charge in [0.2, 0.25) is 5.91 Å². The van der Waals surface area contributed by atoms with Crippen molar-refractivity contribution in [1.29, 1.82) is 0 Å². The van der Waals surface area contributed by atoms with Crippen LogP contribution in [0.5, 0.6) is 11.5 Å². The van der Waals surface area contributed by atoms with Crippen LogP contribution in [0, 0.1) is 0 Å². The van der Waals surface area contributed by atoms with Crippen molar-refractivity contribution in [3.63, 3.8) is 0 Å². The summed E-state index contributed by atoms with van der Waals surface area (Å²) in [6, 6.07) is 15.7. The number of rotatable bonds is 12. The van der Waals surface area contributed by atoms with E-state index < -0.39 is 0 Å². The number of nitrogens with one attached hydrogen (secondary N) is 1. The number of hydrogen-bond donors (Lipinski definition) is 1. The van der Waals surface area contributed by atoms with Crippen LogP contribution in [0.3, 0.4) is 0 Å². The fourth-order valence-electron chi connectivity index (χ4n) is 4.12. The Labute approximate surface area is 175 Å². The topological polar surface area (TPSA) is 38.3 Å². The molecule has 2 aromatic rings. The van der Waals surface area contributed by atoms with Crippen LogP contribution >= 0.6 is 0 Å². The Kier molecular flexibility index (Phi) is 8.60. The summed E-state index contributed by atoms with van der Waals surface area (Å²) < 4.78 is 5.99. The third-order valence-electron chi connectivity index (χ3n) is 5.77. The second-order valence-electron chi connectivity index (χ2n) is 8.08. The number of ether oxygens (including phenoxy) is 1. The van der Waals surface area contributed by atoms with Gasteiger partial charge in [-0.2, -0.15) is 0 Å². The first-order valence-corrected chi connectivity index (χ1v) is 11.4. The minimum atomic E-state index is -0.292. The van der Waals surface area contributed by atoms with Crippen molar-refractivity contribution in [3.05, 3.63) is 59.7 Å². The number of hydrogen-bond acceptors (Lipinski definition) is 2. The van der Waals surface area contributed by atoms with Crippen molar-refractivity contribution < 1.29 is 9.53 Å². The van der Waals surface area contributed by atoms with Crippen molar-refractivity contribution in [3.8, 4) is 11.5 Å². The summed E-state index contributed by atoms with van der Waals surface area (Å²) in [5.74, 6) is 1.35. The summed E-state index contributed by atoms with van der Waals surface area (Å²) in [6.07, 6.45) is 13.0. The van der Waals surface area contributed by atoms with Crippen molar-refractivity contribution in [2.24, 2.45) is 0 Å². The molecule has 3 rings (SSSR count). The minimum absolute atomic E-state index is 0.0733. The molecule has 0 aromatic heterocycles. The van der Waals surface area contributed by atoms with E-state index in [0.29, 0.717) is 0 Å². The van der Waals surface area contributed by atoms with Crippen LogP contribution < -0.4 is 10.1 Å². The number of unbranched alkanes of at least 4 members (excludes halogenated alkanes) is 9. The summed E-state index contributed by atoms with van der Waals surface area (Å²) in [6.45, 7) is 3.01. The Morgan fingerprint density at radius 3 is 1.79 bits per heavy atom. The van der Waals surface area contributed by atoms with E-state index in [2.05, 4.69) is 12.2 Å². The molecule has 0 fully saturated rings. The van der Waals surface area contributed by atoms with Gasteiger partial charge in [-0.1, -0.05) is 101 Å². The second-order valence-corrected chi connectivity index (χ2v) is 8.08. The Bertz CT molecular complexity index is 725. The summed E-state index contributed by atoms with van der Waals surface area (Å²) >= 11 is 0. The lowest BCUT2D eigenvalue weighted by molar-refractivity contribution is -0.121. The van der Waals surface area contributed by atoms with Crippen LogP contribution in [0.1, 0.15) is 88.2 Å². The van der Waals surface area contributed by atoms with E-state index >= 15 is 0 Å². The van der Waals surface area contributed by atoms with Crippen molar-refractivity contribution in [2.45, 2.75) is 77.0 Å². The summed E-state index contributed by atoms with van der Waals surface area (Å²) in [5.41, 5.74) is 1.90. The van der Waals surface area contributed by atoms with E-state index in [9.17, 15) is 4.79 Å². The van der Waals surface area contributed by atoms with E-state index in [0.717, 1.165) is 35.6 Å². The van der Waals surface area contributed by atoms with Crippen LogP contribution in [0.25, 0.3) is 0 Å². The zero-order valence-electron chi connectivity index (χ0n) is 17.8. The van der Waals surface area contributed by atoms with Gasteiger partial charge in [0.15, 0.2) is 0 Å². The molecule has 3 heteroatoms. The number of para-hydroxylation sites is 2. The quantitative estimate of drug-likeness (QED) is 0.396. The second kappa shape index (κ2) is 11.6. The van der Waals surface area contributed by atoms with Gasteiger partial charge in [-0.05, 0) is 18.6 Å². The van der Waals surface area contributed by atoms with Gasteiger partial charge in [-0.25, -0.2) is 0 Å². The average Bonchev–Trinajstić information content (AvgIpc) is 2.75. The molecule has 156 valence electrons. The van der Waals surface area contributed by atoms with Gasteiger partial charge in [0.1, 0.15) is 11.5 Å². The Balaban J connectivity index is 1.41. The Morgan fingerprint density at radius 1 is 0.759 bits per heavy atom. The Morgan fingerprint density at radius 2 is 1.24 bits per heavy atom. The van der Waals surface area contributed by atoms with Crippen LogP contribution in [-0.4, -0.2) is 12.5 Å². The molecule has 3 nitrogen and oxygen atoms in total. The van der Waals surface area contributed by atoms with Crippen molar-refractivity contribution in [1.82, 2.24) is 5.32 Å². The van der Waals surface area contributed by atoms with E-state index in [1.165, 1.54) is 57.8 Å². The number of benzene rings is 2. The molecular formula is C26H35NO2. The first-order chi connectivity index (χ1) is 14.3. The van der Waals surface area contributed by atoms with Crippen molar-refractivity contribution in [2.75, 3.05) is 6.54 Å². The molecule has 0 saturated carbocycles. The van der Waals surface area contributed by atoms with Crippen LogP contribution in [0.4, 0.5) is 0 Å². The molecule has 1 heterocycles. The number of carbonyl (C=O) groups excluding carboxylic acids is 1. The lowest BCUT2D eigenvalue weighted by Gasteiger charge is -2.27. The number of fused-ring (bicyclic) bond motifs is 2. The highest BCUT2D eigenvalue weighted by atomic mass is 16.5. The predicted octanol–water partition coefficient (Wildman–Crippen LogP) is 6.96.